The summed E-state index contributed by atoms with van der Waals surface area (Å²) in [4.78, 5) is 2.49. The molecule has 2 nitrogen and oxygen atoms in total. The van der Waals surface area contributed by atoms with E-state index in [0.29, 0.717) is 12.0 Å². The van der Waals surface area contributed by atoms with Crippen molar-refractivity contribution in [1.82, 2.24) is 10.2 Å². The van der Waals surface area contributed by atoms with Crippen LogP contribution in [0.25, 0.3) is 0 Å². The summed E-state index contributed by atoms with van der Waals surface area (Å²) >= 11 is 0. The molecule has 21 heavy (non-hydrogen) atoms. The first-order valence-corrected chi connectivity index (χ1v) is 7.81. The van der Waals surface area contributed by atoms with Gasteiger partial charge in [-0.1, -0.05) is 6.42 Å². The Balaban J connectivity index is 2.13. The summed E-state index contributed by atoms with van der Waals surface area (Å²) < 4.78 is 26.7. The van der Waals surface area contributed by atoms with Gasteiger partial charge in [0.1, 0.15) is 11.6 Å². The zero-order valence-corrected chi connectivity index (χ0v) is 13.3. The van der Waals surface area contributed by atoms with E-state index >= 15 is 0 Å². The molecule has 0 radical (unpaired) electrons. The van der Waals surface area contributed by atoms with Crippen molar-refractivity contribution < 1.29 is 8.78 Å². The van der Waals surface area contributed by atoms with Gasteiger partial charge < -0.3 is 5.32 Å². The Labute approximate surface area is 126 Å². The molecule has 1 aromatic rings. The smallest absolute Gasteiger partial charge is 0.126 e. The van der Waals surface area contributed by atoms with Gasteiger partial charge in [-0.2, -0.15) is 0 Å². The van der Waals surface area contributed by atoms with Gasteiger partial charge in [0.15, 0.2) is 0 Å². The van der Waals surface area contributed by atoms with E-state index in [1.165, 1.54) is 31.4 Å². The maximum absolute atomic E-state index is 13.4. The molecule has 118 valence electrons. The number of nitrogens with one attached hydrogen (secondary N) is 1. The molecule has 1 aliphatic rings. The molecule has 1 unspecified atom stereocenters. The van der Waals surface area contributed by atoms with Gasteiger partial charge in [0.2, 0.25) is 0 Å². The van der Waals surface area contributed by atoms with Crippen molar-refractivity contribution in [3.8, 4) is 0 Å². The topological polar surface area (TPSA) is 15.3 Å². The Kier molecular flexibility index (Phi) is 5.33. The molecule has 0 aromatic heterocycles. The highest BCUT2D eigenvalue weighted by molar-refractivity contribution is 5.20. The van der Waals surface area contributed by atoms with Gasteiger partial charge in [-0.25, -0.2) is 8.78 Å². The highest BCUT2D eigenvalue weighted by Gasteiger charge is 2.35. The minimum Gasteiger partial charge on any atom is -0.315 e. The molecular weight excluding hydrogens is 270 g/mol. The molecule has 1 atom stereocenters. The van der Waals surface area contributed by atoms with Crippen molar-refractivity contribution in [2.24, 2.45) is 0 Å². The molecule has 1 aliphatic heterocycles. The van der Waals surface area contributed by atoms with Gasteiger partial charge in [0.25, 0.3) is 0 Å². The van der Waals surface area contributed by atoms with Crippen molar-refractivity contribution in [3.63, 3.8) is 0 Å². The summed E-state index contributed by atoms with van der Waals surface area (Å²) in [6.45, 7) is 6.63. The van der Waals surface area contributed by atoms with Crippen LogP contribution >= 0.6 is 0 Å². The first-order valence-electron chi connectivity index (χ1n) is 7.81. The number of hydrogen-bond donors (Lipinski definition) is 1. The van der Waals surface area contributed by atoms with Crippen LogP contribution in [0.3, 0.4) is 0 Å². The van der Waals surface area contributed by atoms with E-state index in [-0.39, 0.29) is 11.6 Å². The zero-order valence-electron chi connectivity index (χ0n) is 13.3. The van der Waals surface area contributed by atoms with Crippen LogP contribution in [0.1, 0.15) is 38.7 Å². The standard InChI is InChI=1S/C17H26F2N2/c1-17(2,21-7-5-4-6-8-21)16(20-3)11-13-9-14(18)12-15(19)10-13/h9-10,12,16,20H,4-8,11H2,1-3H3. The third-order valence-electron chi connectivity index (χ3n) is 4.73. The third-order valence-corrected chi connectivity index (χ3v) is 4.73. The first-order chi connectivity index (χ1) is 9.93. The summed E-state index contributed by atoms with van der Waals surface area (Å²) in [5, 5.41) is 3.34. The predicted octanol–water partition coefficient (Wildman–Crippen LogP) is 3.36. The normalized spacial score (nSPS) is 18.7. The molecule has 0 saturated carbocycles. The minimum atomic E-state index is -0.504. The van der Waals surface area contributed by atoms with Crippen LogP contribution < -0.4 is 5.32 Å². The fourth-order valence-corrected chi connectivity index (χ4v) is 3.36. The Bertz CT molecular complexity index is 448. The molecule has 1 heterocycles. The van der Waals surface area contributed by atoms with Crippen molar-refractivity contribution in [2.45, 2.75) is 51.1 Å². The van der Waals surface area contributed by atoms with Crippen LogP contribution in [0.15, 0.2) is 18.2 Å². The van der Waals surface area contributed by atoms with E-state index in [0.717, 1.165) is 19.2 Å². The number of benzene rings is 1. The van der Waals surface area contributed by atoms with Crippen molar-refractivity contribution in [1.29, 1.82) is 0 Å². The van der Waals surface area contributed by atoms with Gasteiger partial charge in [0.05, 0.1) is 0 Å². The summed E-state index contributed by atoms with van der Waals surface area (Å²) in [6, 6.07) is 3.93. The molecular formula is C17H26F2N2. The molecule has 0 bridgehead atoms. The van der Waals surface area contributed by atoms with Gasteiger partial charge in [-0.05, 0) is 70.9 Å². The van der Waals surface area contributed by atoms with Crippen molar-refractivity contribution in [2.75, 3.05) is 20.1 Å². The van der Waals surface area contributed by atoms with Gasteiger partial charge >= 0.3 is 0 Å². The largest absolute Gasteiger partial charge is 0.315 e. The average Bonchev–Trinajstić information content (AvgIpc) is 2.44. The minimum absolute atomic E-state index is 0.0437. The number of nitrogens with zero attached hydrogens (tertiary/aromatic N) is 1. The number of likely N-dealkylation sites (N-methyl/N-ethyl adjacent to an activating group) is 1. The van der Waals surface area contributed by atoms with Crippen LogP contribution in [-0.4, -0.2) is 36.6 Å². The molecule has 0 spiro atoms. The van der Waals surface area contributed by atoms with Gasteiger partial charge in [0, 0.05) is 17.6 Å². The van der Waals surface area contributed by atoms with E-state index in [4.69, 9.17) is 0 Å². The maximum Gasteiger partial charge on any atom is 0.126 e. The lowest BCUT2D eigenvalue weighted by molar-refractivity contribution is 0.0635. The molecule has 2 rings (SSSR count). The lowest BCUT2D eigenvalue weighted by atomic mass is 9.86. The Morgan fingerprint density at radius 3 is 2.19 bits per heavy atom. The predicted molar refractivity (Wildman–Crippen MR) is 82.4 cm³/mol. The average molecular weight is 296 g/mol. The zero-order chi connectivity index (χ0) is 15.5. The summed E-state index contributed by atoms with van der Waals surface area (Å²) in [5.41, 5.74) is 0.662. The van der Waals surface area contributed by atoms with Gasteiger partial charge in [-0.3, -0.25) is 4.90 Å². The van der Waals surface area contributed by atoms with Crippen LogP contribution in [0, 0.1) is 11.6 Å². The van der Waals surface area contributed by atoms with E-state index in [2.05, 4.69) is 24.1 Å². The fraction of sp³-hybridized carbons (Fsp3) is 0.647. The molecule has 1 aromatic carbocycles. The Hall–Kier alpha value is -1.00. The molecule has 1 N–H and O–H groups in total. The van der Waals surface area contributed by atoms with E-state index in [9.17, 15) is 8.78 Å². The molecule has 1 fully saturated rings. The highest BCUT2D eigenvalue weighted by atomic mass is 19.1. The number of rotatable bonds is 5. The lowest BCUT2D eigenvalue weighted by Crippen LogP contribution is -2.59. The highest BCUT2D eigenvalue weighted by Crippen LogP contribution is 2.26. The fourth-order valence-electron chi connectivity index (χ4n) is 3.36. The van der Waals surface area contributed by atoms with Crippen LogP contribution in [0.2, 0.25) is 0 Å². The number of likely N-dealkylation sites (tertiary alicyclic amines) is 1. The number of piperidine rings is 1. The number of hydrogen-bond acceptors (Lipinski definition) is 2. The second-order valence-electron chi connectivity index (χ2n) is 6.52. The van der Waals surface area contributed by atoms with Crippen molar-refractivity contribution in [3.05, 3.63) is 35.4 Å². The summed E-state index contributed by atoms with van der Waals surface area (Å²) in [5.74, 6) is -1.01. The van der Waals surface area contributed by atoms with Gasteiger partial charge in [-0.15, -0.1) is 0 Å². The number of halogens is 2. The van der Waals surface area contributed by atoms with E-state index in [1.807, 2.05) is 7.05 Å². The monoisotopic (exact) mass is 296 g/mol. The summed E-state index contributed by atoms with van der Waals surface area (Å²) in [6.07, 6.45) is 4.38. The van der Waals surface area contributed by atoms with E-state index < -0.39 is 11.6 Å². The van der Waals surface area contributed by atoms with Crippen LogP contribution in [-0.2, 0) is 6.42 Å². The van der Waals surface area contributed by atoms with Crippen molar-refractivity contribution >= 4 is 0 Å². The molecule has 4 heteroatoms. The SMILES string of the molecule is CNC(Cc1cc(F)cc(F)c1)C(C)(C)N1CCCCC1. The Morgan fingerprint density at radius 1 is 1.10 bits per heavy atom. The molecule has 1 saturated heterocycles. The van der Waals surface area contributed by atoms with E-state index in [1.54, 1.807) is 0 Å². The second kappa shape index (κ2) is 6.84. The van der Waals surface area contributed by atoms with Crippen LogP contribution in [0.4, 0.5) is 8.78 Å². The van der Waals surface area contributed by atoms with Crippen LogP contribution in [0.5, 0.6) is 0 Å². The third kappa shape index (κ3) is 4.01. The Morgan fingerprint density at radius 2 is 1.67 bits per heavy atom. The lowest BCUT2D eigenvalue weighted by Gasteiger charge is -2.46. The second-order valence-corrected chi connectivity index (χ2v) is 6.52. The molecule has 0 aliphatic carbocycles. The first kappa shape index (κ1) is 16.4. The molecule has 0 amide bonds. The maximum atomic E-state index is 13.4. The quantitative estimate of drug-likeness (QED) is 0.896. The summed E-state index contributed by atoms with van der Waals surface area (Å²) in [7, 11) is 1.92.